The standard InChI is InChI=1S/C23H37NO6.C9H12O.C4H10.C2H6/c1-6-20(25)24-9-10-28-11-12-29-13-14-30-21(26)8-7-18-15-17(2)22(27)19(16-18)23(3,4)5;1-7-5-4-6-8(2)9(7)10-3;1-3-4-2;1-2/h15-16,27H,6-14H2,1-5H3,(H,24,25);4-6H,1-3H3;3-4H2,1-2H3;1-2H3. The van der Waals surface area contributed by atoms with E-state index in [1.807, 2.05) is 65.0 Å². The molecule has 264 valence electrons. The topological polar surface area (TPSA) is 103 Å². The Bertz CT molecular complexity index is 1070. The van der Waals surface area contributed by atoms with E-state index in [1.54, 1.807) is 14.0 Å². The second kappa shape index (κ2) is 27.1. The highest BCUT2D eigenvalue weighted by atomic mass is 16.6. The van der Waals surface area contributed by atoms with E-state index < -0.39 is 0 Å². The van der Waals surface area contributed by atoms with E-state index in [9.17, 15) is 14.7 Å². The molecule has 0 bridgehead atoms. The van der Waals surface area contributed by atoms with E-state index >= 15 is 0 Å². The number of carbonyl (C=O) groups is 2. The lowest BCUT2D eigenvalue weighted by molar-refractivity contribution is -0.145. The van der Waals surface area contributed by atoms with E-state index in [2.05, 4.69) is 39.9 Å². The van der Waals surface area contributed by atoms with Crippen molar-refractivity contribution in [1.29, 1.82) is 0 Å². The molecule has 2 aromatic carbocycles. The monoisotopic (exact) mass is 647 g/mol. The smallest absolute Gasteiger partial charge is 0.306 e. The molecule has 0 saturated carbocycles. The molecule has 0 radical (unpaired) electrons. The lowest BCUT2D eigenvalue weighted by Crippen LogP contribution is -2.26. The highest BCUT2D eigenvalue weighted by Gasteiger charge is 2.20. The zero-order chi connectivity index (χ0) is 35.5. The van der Waals surface area contributed by atoms with Gasteiger partial charge < -0.3 is 29.4 Å². The quantitative estimate of drug-likeness (QED) is 0.148. The number of phenols is 1. The maximum Gasteiger partial charge on any atom is 0.306 e. The third-order valence-electron chi connectivity index (χ3n) is 6.65. The fourth-order valence-corrected chi connectivity index (χ4v) is 3.93. The number of carbonyl (C=O) groups excluding carboxylic acids is 2. The SMILES string of the molecule is CC.CCC(=O)NCCOCCOCCOC(=O)CCc1cc(C)c(O)c(C(C)(C)C)c1.CCCC.COc1c(C)cccc1C. The Morgan fingerprint density at radius 3 is 1.85 bits per heavy atom. The number of esters is 1. The number of hydrogen-bond acceptors (Lipinski definition) is 7. The number of aromatic hydroxyl groups is 1. The molecule has 1 amide bonds. The molecule has 8 nitrogen and oxygen atoms in total. The summed E-state index contributed by atoms with van der Waals surface area (Å²) < 4.78 is 21.1. The minimum Gasteiger partial charge on any atom is -0.507 e. The number of aryl methyl sites for hydroxylation is 4. The summed E-state index contributed by atoms with van der Waals surface area (Å²) in [5.74, 6) is 1.06. The Hall–Kier alpha value is -3.10. The first-order valence-corrected chi connectivity index (χ1v) is 16.8. The highest BCUT2D eigenvalue weighted by molar-refractivity contribution is 5.75. The Morgan fingerprint density at radius 2 is 1.37 bits per heavy atom. The van der Waals surface area contributed by atoms with Crippen molar-refractivity contribution in [3.63, 3.8) is 0 Å². The molecule has 2 rings (SSSR count). The van der Waals surface area contributed by atoms with E-state index in [1.165, 1.54) is 24.0 Å². The van der Waals surface area contributed by atoms with Crippen molar-refractivity contribution < 1.29 is 33.6 Å². The summed E-state index contributed by atoms with van der Waals surface area (Å²) in [6, 6.07) is 10.0. The van der Waals surface area contributed by atoms with Crippen LogP contribution in [-0.4, -0.2) is 63.7 Å². The van der Waals surface area contributed by atoms with Crippen molar-refractivity contribution in [2.24, 2.45) is 0 Å². The Labute approximate surface area is 280 Å². The van der Waals surface area contributed by atoms with Gasteiger partial charge in [-0.15, -0.1) is 0 Å². The van der Waals surface area contributed by atoms with Gasteiger partial charge in [-0.25, -0.2) is 0 Å². The predicted molar refractivity (Wildman–Crippen MR) is 190 cm³/mol. The van der Waals surface area contributed by atoms with Crippen LogP contribution in [0.1, 0.15) is 109 Å². The molecule has 2 aromatic rings. The molecule has 0 unspecified atom stereocenters. The van der Waals surface area contributed by atoms with Gasteiger partial charge in [0.1, 0.15) is 18.1 Å². The van der Waals surface area contributed by atoms with Crippen LogP contribution in [0.4, 0.5) is 0 Å². The van der Waals surface area contributed by atoms with Crippen molar-refractivity contribution in [1.82, 2.24) is 5.32 Å². The molecule has 0 saturated heterocycles. The molecule has 0 aromatic heterocycles. The molecule has 0 fully saturated rings. The first-order valence-electron chi connectivity index (χ1n) is 16.8. The van der Waals surface area contributed by atoms with Crippen LogP contribution in [-0.2, 0) is 35.6 Å². The van der Waals surface area contributed by atoms with Crippen molar-refractivity contribution >= 4 is 11.9 Å². The van der Waals surface area contributed by atoms with Gasteiger partial charge >= 0.3 is 5.97 Å². The van der Waals surface area contributed by atoms with Gasteiger partial charge in [0, 0.05) is 19.4 Å². The van der Waals surface area contributed by atoms with Crippen LogP contribution >= 0.6 is 0 Å². The molecular formula is C38H65NO7. The van der Waals surface area contributed by atoms with Gasteiger partial charge in [0.25, 0.3) is 0 Å². The number of ether oxygens (including phenoxy) is 4. The van der Waals surface area contributed by atoms with E-state index in [0.29, 0.717) is 51.6 Å². The minimum absolute atomic E-state index is 0.00635. The molecule has 0 spiro atoms. The average molecular weight is 648 g/mol. The molecule has 2 N–H and O–H groups in total. The van der Waals surface area contributed by atoms with Crippen LogP contribution in [0, 0.1) is 20.8 Å². The van der Waals surface area contributed by atoms with Crippen LogP contribution < -0.4 is 10.1 Å². The summed E-state index contributed by atoms with van der Waals surface area (Å²) >= 11 is 0. The van der Waals surface area contributed by atoms with Gasteiger partial charge in [-0.2, -0.15) is 0 Å². The molecular weight excluding hydrogens is 582 g/mol. The number of benzene rings is 2. The number of rotatable bonds is 15. The van der Waals surface area contributed by atoms with Crippen molar-refractivity contribution in [2.75, 3.05) is 46.7 Å². The van der Waals surface area contributed by atoms with Crippen molar-refractivity contribution in [3.8, 4) is 11.5 Å². The highest BCUT2D eigenvalue weighted by Crippen LogP contribution is 2.34. The van der Waals surface area contributed by atoms with E-state index in [-0.39, 0.29) is 30.3 Å². The van der Waals surface area contributed by atoms with E-state index in [0.717, 1.165) is 22.4 Å². The Kier molecular flexibility index (Phi) is 26.5. The number of hydrogen-bond donors (Lipinski definition) is 2. The molecule has 8 heteroatoms. The molecule has 0 heterocycles. The predicted octanol–water partition coefficient (Wildman–Crippen LogP) is 8.18. The second-order valence-corrected chi connectivity index (χ2v) is 11.6. The van der Waals surface area contributed by atoms with Crippen LogP contribution in [0.15, 0.2) is 30.3 Å². The summed E-state index contributed by atoms with van der Waals surface area (Å²) in [5.41, 5.74) is 4.93. The summed E-state index contributed by atoms with van der Waals surface area (Å²) in [6.45, 7) is 24.5. The van der Waals surface area contributed by atoms with Crippen LogP contribution in [0.25, 0.3) is 0 Å². The molecule has 0 atom stereocenters. The van der Waals surface area contributed by atoms with Gasteiger partial charge in [0.2, 0.25) is 5.91 Å². The third kappa shape index (κ3) is 20.8. The van der Waals surface area contributed by atoms with Crippen molar-refractivity contribution in [3.05, 3.63) is 58.1 Å². The number of para-hydroxylation sites is 1. The fraction of sp³-hybridized carbons (Fsp3) is 0.632. The van der Waals surface area contributed by atoms with E-state index in [4.69, 9.17) is 18.9 Å². The summed E-state index contributed by atoms with van der Waals surface area (Å²) in [4.78, 5) is 23.0. The normalized spacial score (nSPS) is 10.3. The fourth-order valence-electron chi connectivity index (χ4n) is 3.93. The maximum absolute atomic E-state index is 12.0. The number of amides is 1. The zero-order valence-corrected chi connectivity index (χ0v) is 31.1. The van der Waals surface area contributed by atoms with Crippen LogP contribution in [0.2, 0.25) is 0 Å². The van der Waals surface area contributed by atoms with Gasteiger partial charge in [-0.05, 0) is 60.4 Å². The second-order valence-electron chi connectivity index (χ2n) is 11.6. The summed E-state index contributed by atoms with van der Waals surface area (Å²) in [6.07, 6.45) is 3.95. The van der Waals surface area contributed by atoms with Crippen molar-refractivity contribution in [2.45, 2.75) is 114 Å². The Balaban J connectivity index is 0. The minimum atomic E-state index is -0.274. The number of nitrogens with one attached hydrogen (secondary N) is 1. The first-order chi connectivity index (χ1) is 21.8. The van der Waals surface area contributed by atoms with Crippen LogP contribution in [0.3, 0.4) is 0 Å². The molecule has 0 aliphatic carbocycles. The number of phenolic OH excluding ortho intramolecular Hbond substituents is 1. The maximum atomic E-state index is 12.0. The molecule has 0 aliphatic rings. The molecule has 46 heavy (non-hydrogen) atoms. The lowest BCUT2D eigenvalue weighted by Gasteiger charge is -2.22. The first kappa shape index (κ1) is 45.0. The van der Waals surface area contributed by atoms with Gasteiger partial charge in [0.15, 0.2) is 0 Å². The number of unbranched alkanes of at least 4 members (excludes halogenated alkanes) is 1. The van der Waals surface area contributed by atoms with Gasteiger partial charge in [-0.1, -0.05) is 98.6 Å². The average Bonchev–Trinajstić information content (AvgIpc) is 3.03. The summed E-state index contributed by atoms with van der Waals surface area (Å²) in [5, 5.41) is 13.0. The van der Waals surface area contributed by atoms with Gasteiger partial charge in [0.05, 0.1) is 33.5 Å². The third-order valence-corrected chi connectivity index (χ3v) is 6.65. The Morgan fingerprint density at radius 1 is 0.826 bits per heavy atom. The lowest BCUT2D eigenvalue weighted by atomic mass is 9.83. The molecule has 0 aliphatic heterocycles. The summed E-state index contributed by atoms with van der Waals surface area (Å²) in [7, 11) is 1.70. The largest absolute Gasteiger partial charge is 0.507 e. The van der Waals surface area contributed by atoms with Crippen LogP contribution in [0.5, 0.6) is 11.5 Å². The van der Waals surface area contributed by atoms with Gasteiger partial charge in [-0.3, -0.25) is 9.59 Å². The zero-order valence-electron chi connectivity index (χ0n) is 31.1. The number of methoxy groups -OCH3 is 1.